The first-order valence-corrected chi connectivity index (χ1v) is 9.46. The fourth-order valence-corrected chi connectivity index (χ4v) is 2.99. The summed E-state index contributed by atoms with van der Waals surface area (Å²) in [5, 5.41) is 7.54. The van der Waals surface area contributed by atoms with E-state index in [0.29, 0.717) is 13.1 Å². The Balaban J connectivity index is 1.61. The summed E-state index contributed by atoms with van der Waals surface area (Å²) in [5.74, 6) is 1.46. The molecule has 0 saturated heterocycles. The third kappa shape index (κ3) is 5.00. The van der Waals surface area contributed by atoms with Gasteiger partial charge >= 0.3 is 0 Å². The van der Waals surface area contributed by atoms with Gasteiger partial charge in [-0.1, -0.05) is 0 Å². The third-order valence-corrected chi connectivity index (χ3v) is 4.45. The number of hydrogen-bond donors (Lipinski definition) is 3. The standard InChI is InChI=1S/C21H27FN6/c1-4-23-21(27-13-15-7-9-24-20(11-15)28(2)3)25-10-8-16-14-26-19-6-5-17(22)12-18(16)19/h5-7,9,11-12,14,26H,4,8,10,13H2,1-3H3,(H2,23,25,27). The molecular weight excluding hydrogens is 355 g/mol. The van der Waals surface area contributed by atoms with Crippen LogP contribution in [0.5, 0.6) is 0 Å². The largest absolute Gasteiger partial charge is 0.363 e. The number of pyridine rings is 1. The normalized spacial score (nSPS) is 11.6. The summed E-state index contributed by atoms with van der Waals surface area (Å²) in [7, 11) is 3.94. The predicted octanol–water partition coefficient (Wildman–Crippen LogP) is 3.07. The number of fused-ring (bicyclic) bond motifs is 1. The second kappa shape index (κ2) is 9.21. The maximum Gasteiger partial charge on any atom is 0.191 e. The molecule has 0 bridgehead atoms. The van der Waals surface area contributed by atoms with Gasteiger partial charge in [0.1, 0.15) is 11.6 Å². The summed E-state index contributed by atoms with van der Waals surface area (Å²) in [4.78, 5) is 14.2. The topological polar surface area (TPSA) is 68.3 Å². The van der Waals surface area contributed by atoms with E-state index < -0.39 is 0 Å². The number of halogens is 1. The van der Waals surface area contributed by atoms with Crippen LogP contribution in [0, 0.1) is 5.82 Å². The molecule has 0 saturated carbocycles. The minimum absolute atomic E-state index is 0.217. The second-order valence-electron chi connectivity index (χ2n) is 6.79. The first-order chi connectivity index (χ1) is 13.6. The van der Waals surface area contributed by atoms with Crippen LogP contribution in [0.4, 0.5) is 10.2 Å². The number of H-pyrrole nitrogens is 1. The average Bonchev–Trinajstić information content (AvgIpc) is 3.08. The molecule has 2 aromatic heterocycles. The SMILES string of the molecule is CCNC(=NCc1ccnc(N(C)C)c1)NCCc1c[nH]c2ccc(F)cc12. The van der Waals surface area contributed by atoms with E-state index in [0.717, 1.165) is 46.8 Å². The molecule has 0 atom stereocenters. The summed E-state index contributed by atoms with van der Waals surface area (Å²) < 4.78 is 13.5. The number of benzene rings is 1. The van der Waals surface area contributed by atoms with Gasteiger partial charge in [-0.15, -0.1) is 0 Å². The lowest BCUT2D eigenvalue weighted by Crippen LogP contribution is -2.38. The van der Waals surface area contributed by atoms with E-state index in [-0.39, 0.29) is 5.82 Å². The zero-order valence-electron chi connectivity index (χ0n) is 16.6. The van der Waals surface area contributed by atoms with Gasteiger partial charge in [0.05, 0.1) is 6.54 Å². The van der Waals surface area contributed by atoms with Crippen LogP contribution in [0.15, 0.2) is 47.7 Å². The summed E-state index contributed by atoms with van der Waals surface area (Å²) in [6.07, 6.45) is 4.51. The van der Waals surface area contributed by atoms with E-state index >= 15 is 0 Å². The molecule has 0 spiro atoms. The summed E-state index contributed by atoms with van der Waals surface area (Å²) in [6.45, 7) is 4.09. The highest BCUT2D eigenvalue weighted by molar-refractivity contribution is 5.83. The summed E-state index contributed by atoms with van der Waals surface area (Å²) in [5.41, 5.74) is 3.14. The Morgan fingerprint density at radius 2 is 2.07 bits per heavy atom. The monoisotopic (exact) mass is 382 g/mol. The number of hydrogen-bond acceptors (Lipinski definition) is 3. The van der Waals surface area contributed by atoms with Crippen molar-refractivity contribution in [1.29, 1.82) is 0 Å². The van der Waals surface area contributed by atoms with E-state index in [2.05, 4.69) is 25.6 Å². The molecule has 0 radical (unpaired) electrons. The zero-order chi connectivity index (χ0) is 19.9. The molecule has 0 aliphatic heterocycles. The molecule has 148 valence electrons. The lowest BCUT2D eigenvalue weighted by Gasteiger charge is -2.13. The number of aromatic nitrogens is 2. The van der Waals surface area contributed by atoms with Crippen LogP contribution in [0.3, 0.4) is 0 Å². The van der Waals surface area contributed by atoms with Crippen molar-refractivity contribution in [2.24, 2.45) is 4.99 Å². The van der Waals surface area contributed by atoms with Crippen LogP contribution < -0.4 is 15.5 Å². The van der Waals surface area contributed by atoms with Gasteiger partial charge in [0, 0.05) is 50.5 Å². The molecule has 0 fully saturated rings. The minimum Gasteiger partial charge on any atom is -0.363 e. The number of rotatable bonds is 7. The lowest BCUT2D eigenvalue weighted by atomic mass is 10.1. The van der Waals surface area contributed by atoms with Crippen LogP contribution in [-0.2, 0) is 13.0 Å². The Hall–Kier alpha value is -3.09. The summed E-state index contributed by atoms with van der Waals surface area (Å²) >= 11 is 0. The number of aromatic amines is 1. The zero-order valence-corrected chi connectivity index (χ0v) is 16.6. The van der Waals surface area contributed by atoms with Crippen LogP contribution in [0.25, 0.3) is 10.9 Å². The van der Waals surface area contributed by atoms with Gasteiger partial charge in [0.15, 0.2) is 5.96 Å². The molecule has 2 heterocycles. The number of guanidine groups is 1. The fraction of sp³-hybridized carbons (Fsp3) is 0.333. The molecule has 3 N–H and O–H groups in total. The first kappa shape index (κ1) is 19.7. The van der Waals surface area contributed by atoms with Gasteiger partial charge in [-0.05, 0) is 54.8 Å². The lowest BCUT2D eigenvalue weighted by molar-refractivity contribution is 0.629. The van der Waals surface area contributed by atoms with E-state index in [1.807, 2.05) is 44.2 Å². The van der Waals surface area contributed by atoms with Crippen molar-refractivity contribution in [2.45, 2.75) is 19.9 Å². The Morgan fingerprint density at radius 1 is 1.21 bits per heavy atom. The van der Waals surface area contributed by atoms with Crippen molar-refractivity contribution in [3.8, 4) is 0 Å². The van der Waals surface area contributed by atoms with Gasteiger partial charge in [0.2, 0.25) is 0 Å². The highest BCUT2D eigenvalue weighted by atomic mass is 19.1. The van der Waals surface area contributed by atoms with Crippen LogP contribution >= 0.6 is 0 Å². The van der Waals surface area contributed by atoms with Gasteiger partial charge < -0.3 is 20.5 Å². The molecule has 0 aliphatic rings. The number of nitrogens with zero attached hydrogens (tertiary/aromatic N) is 3. The summed E-state index contributed by atoms with van der Waals surface area (Å²) in [6, 6.07) is 8.82. The fourth-order valence-electron chi connectivity index (χ4n) is 2.99. The average molecular weight is 382 g/mol. The molecule has 0 amide bonds. The van der Waals surface area contributed by atoms with Gasteiger partial charge in [-0.3, -0.25) is 0 Å². The second-order valence-corrected chi connectivity index (χ2v) is 6.79. The van der Waals surface area contributed by atoms with E-state index in [9.17, 15) is 4.39 Å². The molecular formula is C21H27FN6. The Labute approximate surface area is 164 Å². The van der Waals surface area contributed by atoms with Gasteiger partial charge in [-0.25, -0.2) is 14.4 Å². The van der Waals surface area contributed by atoms with Gasteiger partial charge in [0.25, 0.3) is 0 Å². The number of aliphatic imine (C=N–C) groups is 1. The molecule has 7 heteroatoms. The van der Waals surface area contributed by atoms with Crippen LogP contribution in [-0.4, -0.2) is 43.1 Å². The Kier molecular flexibility index (Phi) is 6.47. The smallest absolute Gasteiger partial charge is 0.191 e. The number of anilines is 1. The van der Waals surface area contributed by atoms with Crippen molar-refractivity contribution in [2.75, 3.05) is 32.1 Å². The molecule has 6 nitrogen and oxygen atoms in total. The van der Waals surface area contributed by atoms with Crippen molar-refractivity contribution < 1.29 is 4.39 Å². The molecule has 3 aromatic rings. The maximum atomic E-state index is 13.5. The maximum absolute atomic E-state index is 13.5. The molecule has 28 heavy (non-hydrogen) atoms. The molecule has 1 aromatic carbocycles. The predicted molar refractivity (Wildman–Crippen MR) is 113 cm³/mol. The Morgan fingerprint density at radius 3 is 2.86 bits per heavy atom. The van der Waals surface area contributed by atoms with E-state index in [1.165, 1.54) is 6.07 Å². The van der Waals surface area contributed by atoms with Gasteiger partial charge in [-0.2, -0.15) is 0 Å². The first-order valence-electron chi connectivity index (χ1n) is 9.46. The van der Waals surface area contributed by atoms with Crippen molar-refractivity contribution in [3.63, 3.8) is 0 Å². The van der Waals surface area contributed by atoms with E-state index in [1.54, 1.807) is 18.3 Å². The minimum atomic E-state index is -0.217. The third-order valence-electron chi connectivity index (χ3n) is 4.45. The highest BCUT2D eigenvalue weighted by Crippen LogP contribution is 2.19. The molecule has 3 rings (SSSR count). The van der Waals surface area contributed by atoms with Crippen molar-refractivity contribution in [1.82, 2.24) is 20.6 Å². The van der Waals surface area contributed by atoms with Crippen LogP contribution in [0.1, 0.15) is 18.1 Å². The highest BCUT2D eigenvalue weighted by Gasteiger charge is 2.06. The quantitative estimate of drug-likeness (QED) is 0.434. The van der Waals surface area contributed by atoms with Crippen molar-refractivity contribution >= 4 is 22.7 Å². The molecule has 0 aliphatic carbocycles. The van der Waals surface area contributed by atoms with Crippen LogP contribution in [0.2, 0.25) is 0 Å². The van der Waals surface area contributed by atoms with E-state index in [4.69, 9.17) is 0 Å². The Bertz CT molecular complexity index is 947. The molecule has 0 unspecified atom stereocenters. The van der Waals surface area contributed by atoms with Crippen molar-refractivity contribution in [3.05, 3.63) is 59.7 Å². The number of nitrogens with one attached hydrogen (secondary N) is 3.